The van der Waals surface area contributed by atoms with Crippen LogP contribution in [-0.4, -0.2) is 30.6 Å². The third kappa shape index (κ3) is 3.93. The molecule has 0 aliphatic carbocycles. The lowest BCUT2D eigenvalue weighted by Crippen LogP contribution is -2.24. The minimum atomic E-state index is -0.171. The lowest BCUT2D eigenvalue weighted by Gasteiger charge is -2.09. The first-order valence-corrected chi connectivity index (χ1v) is 10.2. The third-order valence-electron chi connectivity index (χ3n) is 4.55. The van der Waals surface area contributed by atoms with Crippen molar-refractivity contribution >= 4 is 17.2 Å². The molecule has 8 heteroatoms. The minimum Gasteiger partial charge on any atom is -0.348 e. The zero-order valence-electron chi connectivity index (χ0n) is 16.2. The SMILES string of the molecule is CCc1c(C(=O)NCc2ccncc2)cnn1-c1ncc(C)c(-c2cccs2)n1. The summed E-state index contributed by atoms with van der Waals surface area (Å²) in [5.74, 6) is 0.291. The lowest BCUT2D eigenvalue weighted by atomic mass is 10.2. The summed E-state index contributed by atoms with van der Waals surface area (Å²) in [4.78, 5) is 27.0. The van der Waals surface area contributed by atoms with Crippen LogP contribution in [0.1, 0.15) is 34.1 Å². The zero-order chi connectivity index (χ0) is 20.2. The van der Waals surface area contributed by atoms with Gasteiger partial charge in [0.15, 0.2) is 0 Å². The highest BCUT2D eigenvalue weighted by atomic mass is 32.1. The second-order valence-corrected chi connectivity index (χ2v) is 7.44. The van der Waals surface area contributed by atoms with Crippen LogP contribution in [0.25, 0.3) is 16.5 Å². The van der Waals surface area contributed by atoms with E-state index in [-0.39, 0.29) is 5.91 Å². The second kappa shape index (κ2) is 8.32. The predicted molar refractivity (Wildman–Crippen MR) is 112 cm³/mol. The summed E-state index contributed by atoms with van der Waals surface area (Å²) in [6, 6.07) is 7.77. The van der Waals surface area contributed by atoms with E-state index in [2.05, 4.69) is 20.4 Å². The fourth-order valence-electron chi connectivity index (χ4n) is 3.05. The van der Waals surface area contributed by atoms with Gasteiger partial charge in [0.1, 0.15) is 0 Å². The number of carbonyl (C=O) groups is 1. The number of rotatable bonds is 6. The maximum Gasteiger partial charge on any atom is 0.255 e. The predicted octanol–water partition coefficient (Wildman–Crippen LogP) is 3.59. The van der Waals surface area contributed by atoms with Crippen molar-refractivity contribution in [3.63, 3.8) is 0 Å². The Kier molecular flexibility index (Phi) is 5.44. The summed E-state index contributed by atoms with van der Waals surface area (Å²) in [6.07, 6.45) is 7.41. The van der Waals surface area contributed by atoms with Crippen molar-refractivity contribution in [2.45, 2.75) is 26.8 Å². The molecule has 0 radical (unpaired) electrons. The number of thiophene rings is 1. The first-order chi connectivity index (χ1) is 14.2. The number of nitrogens with zero attached hydrogens (tertiary/aromatic N) is 5. The summed E-state index contributed by atoms with van der Waals surface area (Å²) in [5, 5.41) is 9.37. The van der Waals surface area contributed by atoms with Crippen molar-refractivity contribution in [1.82, 2.24) is 30.0 Å². The Bertz CT molecular complexity index is 1120. The molecule has 0 saturated heterocycles. The average Bonchev–Trinajstić information content (AvgIpc) is 3.43. The highest BCUT2D eigenvalue weighted by Gasteiger charge is 2.19. The standard InChI is InChI=1S/C21H20N6OS/c1-3-17-16(20(28)23-12-15-6-8-22-9-7-15)13-25-27(17)21-24-11-14(2)19(26-21)18-5-4-10-29-18/h4-11,13H,3,12H2,1-2H3,(H,23,28). The van der Waals surface area contributed by atoms with Gasteiger partial charge in [0.25, 0.3) is 11.9 Å². The number of hydrogen-bond acceptors (Lipinski definition) is 6. The van der Waals surface area contributed by atoms with Crippen molar-refractivity contribution in [3.8, 4) is 16.5 Å². The first-order valence-electron chi connectivity index (χ1n) is 9.29. The smallest absolute Gasteiger partial charge is 0.255 e. The summed E-state index contributed by atoms with van der Waals surface area (Å²) in [7, 11) is 0. The number of aryl methyl sites for hydroxylation is 1. The number of amides is 1. The van der Waals surface area contributed by atoms with Crippen molar-refractivity contribution < 1.29 is 4.79 Å². The molecule has 0 atom stereocenters. The maximum atomic E-state index is 12.7. The number of aromatic nitrogens is 5. The van der Waals surface area contributed by atoms with Gasteiger partial charge in [-0.3, -0.25) is 9.78 Å². The van der Waals surface area contributed by atoms with Crippen LogP contribution in [0.3, 0.4) is 0 Å². The molecule has 0 bridgehead atoms. The van der Waals surface area contributed by atoms with Crippen molar-refractivity contribution in [2.75, 3.05) is 0 Å². The van der Waals surface area contributed by atoms with Crippen LogP contribution in [0.2, 0.25) is 0 Å². The van der Waals surface area contributed by atoms with Crippen LogP contribution in [0, 0.1) is 6.92 Å². The topological polar surface area (TPSA) is 85.6 Å². The average molecular weight is 404 g/mol. The Balaban J connectivity index is 1.62. The molecule has 0 aromatic carbocycles. The molecule has 4 rings (SSSR count). The molecular formula is C21H20N6OS. The number of carbonyl (C=O) groups excluding carboxylic acids is 1. The zero-order valence-corrected chi connectivity index (χ0v) is 17.0. The fraction of sp³-hybridized carbons (Fsp3) is 0.190. The third-order valence-corrected chi connectivity index (χ3v) is 5.43. The van der Waals surface area contributed by atoms with E-state index in [1.54, 1.807) is 40.8 Å². The molecule has 4 heterocycles. The molecule has 7 nitrogen and oxygen atoms in total. The Morgan fingerprint density at radius 2 is 2.03 bits per heavy atom. The van der Waals surface area contributed by atoms with Crippen molar-refractivity contribution in [1.29, 1.82) is 0 Å². The molecule has 0 saturated carbocycles. The van der Waals surface area contributed by atoms with E-state index in [1.165, 1.54) is 0 Å². The van der Waals surface area contributed by atoms with Gasteiger partial charge in [0.05, 0.1) is 28.0 Å². The Morgan fingerprint density at radius 1 is 1.21 bits per heavy atom. The van der Waals surface area contributed by atoms with Gasteiger partial charge in [0.2, 0.25) is 0 Å². The molecule has 0 spiro atoms. The Morgan fingerprint density at radius 3 is 2.76 bits per heavy atom. The van der Waals surface area contributed by atoms with Crippen LogP contribution in [-0.2, 0) is 13.0 Å². The fourth-order valence-corrected chi connectivity index (χ4v) is 3.83. The molecule has 1 N–H and O–H groups in total. The van der Waals surface area contributed by atoms with E-state index in [1.807, 2.05) is 43.5 Å². The summed E-state index contributed by atoms with van der Waals surface area (Å²) < 4.78 is 1.65. The Hall–Kier alpha value is -3.39. The van der Waals surface area contributed by atoms with Crippen LogP contribution in [0.5, 0.6) is 0 Å². The van der Waals surface area contributed by atoms with E-state index in [4.69, 9.17) is 4.98 Å². The molecule has 146 valence electrons. The van der Waals surface area contributed by atoms with Gasteiger partial charge in [-0.25, -0.2) is 14.6 Å². The highest BCUT2D eigenvalue weighted by Crippen LogP contribution is 2.26. The van der Waals surface area contributed by atoms with Gasteiger partial charge < -0.3 is 5.32 Å². The highest BCUT2D eigenvalue weighted by molar-refractivity contribution is 7.13. The van der Waals surface area contributed by atoms with Gasteiger partial charge in [-0.15, -0.1) is 11.3 Å². The van der Waals surface area contributed by atoms with E-state index < -0.39 is 0 Å². The maximum absolute atomic E-state index is 12.7. The number of pyridine rings is 1. The number of nitrogens with one attached hydrogen (secondary N) is 1. The first kappa shape index (κ1) is 18.9. The van der Waals surface area contributed by atoms with E-state index in [0.717, 1.165) is 27.4 Å². The molecule has 29 heavy (non-hydrogen) atoms. The van der Waals surface area contributed by atoms with Gasteiger partial charge in [0, 0.05) is 25.1 Å². The largest absolute Gasteiger partial charge is 0.348 e. The van der Waals surface area contributed by atoms with Crippen LogP contribution < -0.4 is 5.32 Å². The van der Waals surface area contributed by atoms with E-state index >= 15 is 0 Å². The molecule has 0 aliphatic heterocycles. The van der Waals surface area contributed by atoms with Crippen molar-refractivity contribution in [2.24, 2.45) is 0 Å². The van der Waals surface area contributed by atoms with Gasteiger partial charge >= 0.3 is 0 Å². The molecule has 0 fully saturated rings. The van der Waals surface area contributed by atoms with Crippen LogP contribution >= 0.6 is 11.3 Å². The van der Waals surface area contributed by atoms with Crippen LogP contribution in [0.15, 0.2) is 54.4 Å². The monoisotopic (exact) mass is 404 g/mol. The molecule has 4 aromatic heterocycles. The molecule has 1 amide bonds. The lowest BCUT2D eigenvalue weighted by molar-refractivity contribution is 0.0950. The molecule has 0 unspecified atom stereocenters. The van der Waals surface area contributed by atoms with Crippen LogP contribution in [0.4, 0.5) is 0 Å². The van der Waals surface area contributed by atoms with E-state index in [9.17, 15) is 4.79 Å². The van der Waals surface area contributed by atoms with Crippen molar-refractivity contribution in [3.05, 3.63) is 76.8 Å². The minimum absolute atomic E-state index is 0.171. The second-order valence-electron chi connectivity index (χ2n) is 6.49. The quantitative estimate of drug-likeness (QED) is 0.531. The van der Waals surface area contributed by atoms with Gasteiger partial charge in [-0.1, -0.05) is 13.0 Å². The Labute approximate surface area is 172 Å². The molecular weight excluding hydrogens is 384 g/mol. The summed E-state index contributed by atoms with van der Waals surface area (Å²) in [5.41, 5.74) is 4.17. The summed E-state index contributed by atoms with van der Waals surface area (Å²) >= 11 is 1.63. The van der Waals surface area contributed by atoms with E-state index in [0.29, 0.717) is 24.5 Å². The summed E-state index contributed by atoms with van der Waals surface area (Å²) in [6.45, 7) is 4.40. The van der Waals surface area contributed by atoms with Gasteiger partial charge in [-0.2, -0.15) is 5.10 Å². The molecule has 4 aromatic rings. The molecule has 0 aliphatic rings. The van der Waals surface area contributed by atoms with Gasteiger partial charge in [-0.05, 0) is 48.1 Å². The number of hydrogen-bond donors (Lipinski definition) is 1. The normalized spacial score (nSPS) is 10.8.